The summed E-state index contributed by atoms with van der Waals surface area (Å²) in [5.41, 5.74) is 5.78. The number of urea groups is 1. The number of primary amides is 1. The molecule has 1 rings (SSSR count). The Kier molecular flexibility index (Phi) is 4.24. The number of amides is 3. The molecule has 4 N–H and O–H groups in total. The number of rotatable bonds is 4. The molecule has 0 saturated carbocycles. The van der Waals surface area contributed by atoms with Crippen molar-refractivity contribution in [2.24, 2.45) is 5.73 Å². The van der Waals surface area contributed by atoms with Crippen molar-refractivity contribution in [2.75, 3.05) is 6.54 Å². The number of nitrogens with two attached hydrogens (primary N) is 1. The normalized spacial score (nSPS) is 9.60. The molecule has 0 radical (unpaired) electrons. The summed E-state index contributed by atoms with van der Waals surface area (Å²) >= 11 is 0. The van der Waals surface area contributed by atoms with Crippen LogP contribution in [0.25, 0.3) is 0 Å². The third-order valence-corrected chi connectivity index (χ3v) is 1.63. The zero-order valence-electron chi connectivity index (χ0n) is 8.06. The molecule has 0 atom stereocenters. The molecule has 0 spiro atoms. The number of carbonyl (C=O) groups excluding carboxylic acids is 2. The van der Waals surface area contributed by atoms with Gasteiger partial charge in [-0.3, -0.25) is 15.1 Å². The predicted octanol–water partition coefficient (Wildman–Crippen LogP) is -0.634. The minimum atomic E-state index is -0.842. The van der Waals surface area contributed by atoms with Gasteiger partial charge in [-0.2, -0.15) is 0 Å². The van der Waals surface area contributed by atoms with E-state index < -0.39 is 11.9 Å². The Hall–Kier alpha value is -1.95. The number of imide groups is 1. The van der Waals surface area contributed by atoms with E-state index in [1.54, 1.807) is 12.4 Å². The molecular weight excluding hydrogens is 196 g/mol. The summed E-state index contributed by atoms with van der Waals surface area (Å²) in [5.74, 6) is -0.448. The Balaban J connectivity index is 2.22. The Morgan fingerprint density at radius 3 is 2.60 bits per heavy atom. The van der Waals surface area contributed by atoms with E-state index >= 15 is 0 Å². The van der Waals surface area contributed by atoms with Gasteiger partial charge >= 0.3 is 6.03 Å². The first-order valence-corrected chi connectivity index (χ1v) is 4.37. The van der Waals surface area contributed by atoms with Crippen molar-refractivity contribution < 1.29 is 9.59 Å². The lowest BCUT2D eigenvalue weighted by atomic mass is 10.3. The van der Waals surface area contributed by atoms with Crippen LogP contribution in [-0.2, 0) is 11.3 Å². The van der Waals surface area contributed by atoms with Crippen molar-refractivity contribution in [3.8, 4) is 0 Å². The topological polar surface area (TPSA) is 97.1 Å². The summed E-state index contributed by atoms with van der Waals surface area (Å²) in [6.07, 6.45) is 3.33. The first-order valence-electron chi connectivity index (χ1n) is 4.37. The fourth-order valence-corrected chi connectivity index (χ4v) is 1.00. The van der Waals surface area contributed by atoms with Crippen molar-refractivity contribution in [1.82, 2.24) is 15.6 Å². The van der Waals surface area contributed by atoms with Gasteiger partial charge in [0.2, 0.25) is 5.91 Å². The fraction of sp³-hybridized carbons (Fsp3) is 0.222. The second kappa shape index (κ2) is 5.71. The average molecular weight is 208 g/mol. The van der Waals surface area contributed by atoms with Crippen LogP contribution in [0.5, 0.6) is 0 Å². The molecule has 1 aromatic heterocycles. The lowest BCUT2D eigenvalue weighted by Gasteiger charge is -2.03. The van der Waals surface area contributed by atoms with E-state index in [-0.39, 0.29) is 6.54 Å². The van der Waals surface area contributed by atoms with Crippen LogP contribution in [0.2, 0.25) is 0 Å². The number of hydrogen-bond donors (Lipinski definition) is 3. The molecule has 1 heterocycles. The molecule has 15 heavy (non-hydrogen) atoms. The van der Waals surface area contributed by atoms with E-state index in [0.717, 1.165) is 5.56 Å². The highest BCUT2D eigenvalue weighted by atomic mass is 16.2. The zero-order chi connectivity index (χ0) is 11.1. The summed E-state index contributed by atoms with van der Waals surface area (Å²) < 4.78 is 0. The molecule has 6 heteroatoms. The van der Waals surface area contributed by atoms with E-state index in [9.17, 15) is 9.59 Å². The Morgan fingerprint density at radius 1 is 1.33 bits per heavy atom. The first-order chi connectivity index (χ1) is 7.18. The second-order valence-electron chi connectivity index (χ2n) is 2.87. The lowest BCUT2D eigenvalue weighted by Crippen LogP contribution is -2.40. The Morgan fingerprint density at radius 2 is 2.00 bits per heavy atom. The van der Waals surface area contributed by atoms with E-state index in [1.165, 1.54) is 0 Å². The number of pyridine rings is 1. The third-order valence-electron chi connectivity index (χ3n) is 1.63. The summed E-state index contributed by atoms with van der Waals surface area (Å²) in [7, 11) is 0. The minimum absolute atomic E-state index is 0.0469. The fourth-order valence-electron chi connectivity index (χ4n) is 1.00. The highest BCUT2D eigenvalue weighted by molar-refractivity contribution is 5.94. The quantitative estimate of drug-likeness (QED) is 0.613. The highest BCUT2D eigenvalue weighted by Gasteiger charge is 2.02. The standard InChI is InChI=1S/C9H12N4O2/c10-9(15)13-8(14)6-12-5-7-1-3-11-4-2-7/h1-4,12H,5-6H2,(H3,10,13,14,15). The van der Waals surface area contributed by atoms with E-state index in [4.69, 9.17) is 5.73 Å². The van der Waals surface area contributed by atoms with Crippen LogP contribution >= 0.6 is 0 Å². The van der Waals surface area contributed by atoms with Gasteiger partial charge in [0.25, 0.3) is 0 Å². The maximum atomic E-state index is 11.0. The van der Waals surface area contributed by atoms with Crippen LogP contribution in [0, 0.1) is 0 Å². The van der Waals surface area contributed by atoms with Crippen molar-refractivity contribution in [3.63, 3.8) is 0 Å². The monoisotopic (exact) mass is 208 g/mol. The zero-order valence-corrected chi connectivity index (χ0v) is 8.06. The van der Waals surface area contributed by atoms with Crippen LogP contribution in [0.15, 0.2) is 24.5 Å². The van der Waals surface area contributed by atoms with Gasteiger partial charge in [0.1, 0.15) is 0 Å². The van der Waals surface area contributed by atoms with Crippen molar-refractivity contribution >= 4 is 11.9 Å². The number of carbonyl (C=O) groups is 2. The Bertz CT molecular complexity index is 339. The van der Waals surface area contributed by atoms with Gasteiger partial charge in [0, 0.05) is 18.9 Å². The molecule has 0 aliphatic rings. The van der Waals surface area contributed by atoms with Gasteiger partial charge in [-0.15, -0.1) is 0 Å². The number of nitrogens with one attached hydrogen (secondary N) is 2. The van der Waals surface area contributed by atoms with E-state index in [2.05, 4.69) is 10.3 Å². The SMILES string of the molecule is NC(=O)NC(=O)CNCc1ccncc1. The minimum Gasteiger partial charge on any atom is -0.351 e. The molecule has 6 nitrogen and oxygen atoms in total. The van der Waals surface area contributed by atoms with Crippen LogP contribution in [0.4, 0.5) is 4.79 Å². The highest BCUT2D eigenvalue weighted by Crippen LogP contribution is 1.93. The number of nitrogens with zero attached hydrogens (tertiary/aromatic N) is 1. The van der Waals surface area contributed by atoms with E-state index in [0.29, 0.717) is 6.54 Å². The maximum Gasteiger partial charge on any atom is 0.318 e. The van der Waals surface area contributed by atoms with Gasteiger partial charge in [-0.1, -0.05) is 0 Å². The Labute approximate surface area is 86.9 Å². The molecule has 0 fully saturated rings. The van der Waals surface area contributed by atoms with Crippen molar-refractivity contribution in [1.29, 1.82) is 0 Å². The van der Waals surface area contributed by atoms with Crippen molar-refractivity contribution in [2.45, 2.75) is 6.54 Å². The predicted molar refractivity (Wildman–Crippen MR) is 53.7 cm³/mol. The average Bonchev–Trinajstić information content (AvgIpc) is 2.18. The molecule has 0 aromatic carbocycles. The van der Waals surface area contributed by atoms with Crippen LogP contribution in [0.3, 0.4) is 0 Å². The molecule has 0 aliphatic carbocycles. The molecular formula is C9H12N4O2. The first kappa shape index (κ1) is 11.1. The molecule has 80 valence electrons. The largest absolute Gasteiger partial charge is 0.351 e. The molecule has 1 aromatic rings. The number of aromatic nitrogens is 1. The van der Waals surface area contributed by atoms with Gasteiger partial charge in [0.15, 0.2) is 0 Å². The maximum absolute atomic E-state index is 11.0. The van der Waals surface area contributed by atoms with Crippen LogP contribution in [0.1, 0.15) is 5.56 Å². The number of hydrogen-bond acceptors (Lipinski definition) is 4. The molecule has 0 unspecified atom stereocenters. The molecule has 3 amide bonds. The summed E-state index contributed by atoms with van der Waals surface area (Å²) in [5, 5.41) is 4.81. The third kappa shape index (κ3) is 4.72. The summed E-state index contributed by atoms with van der Waals surface area (Å²) in [6, 6.07) is 2.82. The summed E-state index contributed by atoms with van der Waals surface area (Å²) in [4.78, 5) is 25.1. The van der Waals surface area contributed by atoms with Gasteiger partial charge < -0.3 is 11.1 Å². The molecule has 0 aliphatic heterocycles. The van der Waals surface area contributed by atoms with Crippen LogP contribution < -0.4 is 16.4 Å². The second-order valence-corrected chi connectivity index (χ2v) is 2.87. The molecule has 0 saturated heterocycles. The lowest BCUT2D eigenvalue weighted by molar-refractivity contribution is -0.119. The van der Waals surface area contributed by atoms with Gasteiger partial charge in [-0.25, -0.2) is 4.79 Å². The molecule has 0 bridgehead atoms. The van der Waals surface area contributed by atoms with E-state index in [1.807, 2.05) is 17.4 Å². The smallest absolute Gasteiger partial charge is 0.318 e. The summed E-state index contributed by atoms with van der Waals surface area (Å²) in [6.45, 7) is 0.583. The van der Waals surface area contributed by atoms with Gasteiger partial charge in [-0.05, 0) is 17.7 Å². The van der Waals surface area contributed by atoms with Crippen molar-refractivity contribution in [3.05, 3.63) is 30.1 Å². The van der Waals surface area contributed by atoms with Crippen LogP contribution in [-0.4, -0.2) is 23.5 Å². The van der Waals surface area contributed by atoms with Gasteiger partial charge in [0.05, 0.1) is 6.54 Å².